The largest absolute Gasteiger partial charge is 0.391 e. The van der Waals surface area contributed by atoms with Crippen LogP contribution in [0, 0.1) is 13.8 Å². The minimum atomic E-state index is 0.179. The Hall–Kier alpha value is -0.350. The first-order chi connectivity index (χ1) is 7.65. The van der Waals surface area contributed by atoms with E-state index in [4.69, 9.17) is 16.7 Å². The number of alkyl halides is 1. The summed E-state index contributed by atoms with van der Waals surface area (Å²) < 4.78 is 0. The molecule has 2 aromatic heterocycles. The van der Waals surface area contributed by atoms with Gasteiger partial charge in [-0.3, -0.25) is 0 Å². The molecule has 0 fully saturated rings. The highest BCUT2D eigenvalue weighted by atomic mass is 35.5. The van der Waals surface area contributed by atoms with Gasteiger partial charge in [0.15, 0.2) is 0 Å². The molecular weight excluding hydrogens is 260 g/mol. The number of aliphatic hydroxyl groups excluding tert-OH is 1. The van der Waals surface area contributed by atoms with Crippen molar-refractivity contribution in [2.45, 2.75) is 26.3 Å². The van der Waals surface area contributed by atoms with Crippen LogP contribution in [0.4, 0.5) is 0 Å². The van der Waals surface area contributed by atoms with Crippen LogP contribution in [-0.2, 0) is 12.5 Å². The average Bonchev–Trinajstić information content (AvgIpc) is 2.88. The molecular formula is C12H15ClOS2. The molecule has 0 aliphatic carbocycles. The van der Waals surface area contributed by atoms with Crippen LogP contribution in [0.5, 0.6) is 0 Å². The van der Waals surface area contributed by atoms with E-state index in [1.165, 1.54) is 16.0 Å². The summed E-state index contributed by atoms with van der Waals surface area (Å²) in [6, 6.07) is 4.10. The molecule has 0 bridgehead atoms. The van der Waals surface area contributed by atoms with Crippen molar-refractivity contribution in [2.75, 3.05) is 0 Å². The maximum atomic E-state index is 8.56. The minimum Gasteiger partial charge on any atom is -0.391 e. The molecule has 2 rings (SSSR count). The zero-order valence-electron chi connectivity index (χ0n) is 9.37. The Kier molecular flexibility index (Phi) is 6.06. The Morgan fingerprint density at radius 1 is 1.06 bits per heavy atom. The van der Waals surface area contributed by atoms with Crippen LogP contribution in [-0.4, -0.2) is 5.11 Å². The molecule has 4 heteroatoms. The molecule has 0 spiro atoms. The van der Waals surface area contributed by atoms with E-state index >= 15 is 0 Å². The summed E-state index contributed by atoms with van der Waals surface area (Å²) in [4.78, 5) is 2.30. The molecule has 0 aromatic carbocycles. The smallest absolute Gasteiger partial charge is 0.0774 e. The van der Waals surface area contributed by atoms with Crippen LogP contribution in [0.25, 0.3) is 0 Å². The van der Waals surface area contributed by atoms with Gasteiger partial charge in [-0.05, 0) is 47.9 Å². The van der Waals surface area contributed by atoms with Crippen LogP contribution in [0.15, 0.2) is 22.9 Å². The summed E-state index contributed by atoms with van der Waals surface area (Å²) in [5.74, 6) is 0.651. The standard InChI is InChI=1S/C6H7ClS.C6H8OS/c2*1-5-2-6(3-7)8-4-5/h2,4H,3H2,1H3;2,4,7H,3H2,1H3. The predicted molar refractivity (Wildman–Crippen MR) is 73.6 cm³/mol. The Bertz CT molecular complexity index is 380. The summed E-state index contributed by atoms with van der Waals surface area (Å²) in [5, 5.41) is 12.7. The van der Waals surface area contributed by atoms with E-state index in [-0.39, 0.29) is 6.61 Å². The third kappa shape index (κ3) is 4.66. The first-order valence-electron chi connectivity index (χ1n) is 4.90. The molecule has 0 aliphatic heterocycles. The molecule has 1 nitrogen and oxygen atoms in total. The Balaban J connectivity index is 0.000000160. The van der Waals surface area contributed by atoms with Crippen molar-refractivity contribution >= 4 is 34.3 Å². The molecule has 1 N–H and O–H groups in total. The molecule has 16 heavy (non-hydrogen) atoms. The maximum absolute atomic E-state index is 8.56. The van der Waals surface area contributed by atoms with Crippen LogP contribution < -0.4 is 0 Å². The number of aliphatic hydroxyl groups is 1. The van der Waals surface area contributed by atoms with Crippen LogP contribution in [0.3, 0.4) is 0 Å². The summed E-state index contributed by atoms with van der Waals surface area (Å²) in [7, 11) is 0. The summed E-state index contributed by atoms with van der Waals surface area (Å²) in [6.07, 6.45) is 0. The van der Waals surface area contributed by atoms with Gasteiger partial charge in [-0.1, -0.05) is 0 Å². The van der Waals surface area contributed by atoms with Crippen molar-refractivity contribution in [3.63, 3.8) is 0 Å². The van der Waals surface area contributed by atoms with E-state index in [1.54, 1.807) is 22.7 Å². The lowest BCUT2D eigenvalue weighted by molar-refractivity contribution is 0.285. The lowest BCUT2D eigenvalue weighted by Gasteiger charge is -1.79. The number of rotatable bonds is 2. The van der Waals surface area contributed by atoms with Crippen LogP contribution >= 0.6 is 34.3 Å². The van der Waals surface area contributed by atoms with Crippen molar-refractivity contribution in [3.8, 4) is 0 Å². The monoisotopic (exact) mass is 274 g/mol. The fraction of sp³-hybridized carbons (Fsp3) is 0.333. The quantitative estimate of drug-likeness (QED) is 0.808. The molecule has 0 radical (unpaired) electrons. The average molecular weight is 275 g/mol. The Morgan fingerprint density at radius 3 is 1.75 bits per heavy atom. The number of aryl methyl sites for hydroxylation is 2. The maximum Gasteiger partial charge on any atom is 0.0774 e. The van der Waals surface area contributed by atoms with Gasteiger partial charge in [0.1, 0.15) is 0 Å². The van der Waals surface area contributed by atoms with Gasteiger partial charge in [-0.15, -0.1) is 34.3 Å². The molecule has 2 aromatic rings. The number of thiophene rings is 2. The second-order valence-electron chi connectivity index (χ2n) is 3.47. The highest BCUT2D eigenvalue weighted by molar-refractivity contribution is 7.10. The number of halogens is 1. The Labute approximate surface area is 109 Å². The molecule has 88 valence electrons. The predicted octanol–water partition coefficient (Wildman–Crippen LogP) is 4.34. The van der Waals surface area contributed by atoms with Crippen molar-refractivity contribution < 1.29 is 5.11 Å². The topological polar surface area (TPSA) is 20.2 Å². The second-order valence-corrected chi connectivity index (χ2v) is 5.73. The first kappa shape index (κ1) is 13.7. The van der Waals surface area contributed by atoms with Gasteiger partial charge in [0.05, 0.1) is 12.5 Å². The number of hydrogen-bond acceptors (Lipinski definition) is 3. The van der Waals surface area contributed by atoms with Gasteiger partial charge >= 0.3 is 0 Å². The molecule has 0 aliphatic rings. The Morgan fingerprint density at radius 2 is 1.56 bits per heavy atom. The molecule has 2 heterocycles. The van der Waals surface area contributed by atoms with Gasteiger partial charge < -0.3 is 5.11 Å². The van der Waals surface area contributed by atoms with E-state index in [9.17, 15) is 0 Å². The van der Waals surface area contributed by atoms with Gasteiger partial charge in [0.2, 0.25) is 0 Å². The second kappa shape index (κ2) is 7.07. The van der Waals surface area contributed by atoms with Gasteiger partial charge in [0.25, 0.3) is 0 Å². The summed E-state index contributed by atoms with van der Waals surface area (Å²) in [6.45, 7) is 4.28. The SMILES string of the molecule is Cc1csc(CCl)c1.Cc1csc(CO)c1. The molecule has 0 amide bonds. The fourth-order valence-electron chi connectivity index (χ4n) is 1.13. The van der Waals surface area contributed by atoms with Crippen molar-refractivity contribution in [3.05, 3.63) is 43.8 Å². The molecule has 0 saturated heterocycles. The normalized spacial score (nSPS) is 9.75. The zero-order valence-corrected chi connectivity index (χ0v) is 11.8. The van der Waals surface area contributed by atoms with Crippen LogP contribution in [0.1, 0.15) is 20.9 Å². The van der Waals surface area contributed by atoms with E-state index in [0.29, 0.717) is 5.88 Å². The van der Waals surface area contributed by atoms with Gasteiger partial charge in [0, 0.05) is 9.75 Å². The van der Waals surface area contributed by atoms with Crippen molar-refractivity contribution in [1.29, 1.82) is 0 Å². The minimum absolute atomic E-state index is 0.179. The van der Waals surface area contributed by atoms with E-state index in [1.807, 2.05) is 18.4 Å². The summed E-state index contributed by atoms with van der Waals surface area (Å²) >= 11 is 8.87. The third-order valence-electron chi connectivity index (χ3n) is 1.86. The van der Waals surface area contributed by atoms with Gasteiger partial charge in [-0.25, -0.2) is 0 Å². The van der Waals surface area contributed by atoms with E-state index in [2.05, 4.69) is 18.4 Å². The zero-order chi connectivity index (χ0) is 12.0. The highest BCUT2D eigenvalue weighted by Crippen LogP contribution is 2.15. The first-order valence-corrected chi connectivity index (χ1v) is 7.20. The van der Waals surface area contributed by atoms with E-state index in [0.717, 1.165) is 4.88 Å². The summed E-state index contributed by atoms with van der Waals surface area (Å²) in [5.41, 5.74) is 2.55. The highest BCUT2D eigenvalue weighted by Gasteiger charge is 1.91. The third-order valence-corrected chi connectivity index (χ3v) is 4.40. The van der Waals surface area contributed by atoms with Crippen molar-refractivity contribution in [1.82, 2.24) is 0 Å². The molecule has 0 saturated carbocycles. The molecule has 0 unspecified atom stereocenters. The lowest BCUT2D eigenvalue weighted by atomic mass is 10.3. The van der Waals surface area contributed by atoms with E-state index < -0.39 is 0 Å². The molecule has 0 atom stereocenters. The fourth-order valence-corrected chi connectivity index (χ4v) is 2.86. The lowest BCUT2D eigenvalue weighted by Crippen LogP contribution is -1.70. The van der Waals surface area contributed by atoms with Crippen molar-refractivity contribution in [2.24, 2.45) is 0 Å². The number of hydrogen-bond donors (Lipinski definition) is 1. The van der Waals surface area contributed by atoms with Gasteiger partial charge in [-0.2, -0.15) is 0 Å². The van der Waals surface area contributed by atoms with Crippen LogP contribution in [0.2, 0.25) is 0 Å².